The Kier molecular flexibility index (Phi) is 20.0. The van der Waals surface area contributed by atoms with Crippen molar-refractivity contribution >= 4 is 70.3 Å². The van der Waals surface area contributed by atoms with Gasteiger partial charge in [-0.05, 0) is 67.0 Å². The number of benzene rings is 2. The quantitative estimate of drug-likeness (QED) is 0.0372. The van der Waals surface area contributed by atoms with Crippen LogP contribution in [0.1, 0.15) is 73.7 Å². The summed E-state index contributed by atoms with van der Waals surface area (Å²) in [6.07, 6.45) is -2.45. The topological polar surface area (TPSA) is 357 Å². The zero-order valence-corrected chi connectivity index (χ0v) is 34.1. The molecule has 22 nitrogen and oxygen atoms in total. The van der Waals surface area contributed by atoms with Gasteiger partial charge in [0.15, 0.2) is 0 Å². The van der Waals surface area contributed by atoms with Gasteiger partial charge < -0.3 is 57.4 Å². The van der Waals surface area contributed by atoms with Gasteiger partial charge >= 0.3 is 35.9 Å². The van der Waals surface area contributed by atoms with Gasteiger partial charge in [-0.15, -0.1) is 0 Å². The number of carbonyl (C=O) groups is 10. The molecule has 2 aromatic carbocycles. The number of halogens is 1. The van der Waals surface area contributed by atoms with Gasteiger partial charge in [0.05, 0.1) is 5.56 Å². The van der Waals surface area contributed by atoms with Crippen LogP contribution < -0.4 is 31.9 Å². The number of urea groups is 1. The second-order valence-electron chi connectivity index (χ2n) is 14.4. The van der Waals surface area contributed by atoms with Gasteiger partial charge in [0, 0.05) is 38.4 Å². The van der Waals surface area contributed by atoms with Crippen molar-refractivity contribution < 1.29 is 77.9 Å². The lowest BCUT2D eigenvalue weighted by molar-refractivity contribution is -0.141. The Morgan fingerprint density at radius 2 is 1.08 bits per heavy atom. The molecule has 23 heteroatoms. The zero-order chi connectivity index (χ0) is 47.3. The van der Waals surface area contributed by atoms with E-state index in [1.165, 1.54) is 0 Å². The van der Waals surface area contributed by atoms with Crippen molar-refractivity contribution in [3.8, 4) is 0 Å². The standard InChI is InChI=1S/C41H48FN7O15/c42-31-14-10-25(21-44-31)35(56)45-26(11-15-32(50)51)37(58)46-27(12-16-33(52)53)38(59)47-30(20-22-8-9-23-5-1-2-6-24(23)19-22)36(57)43-18-4-3-7-28(39(60)61)48-41(64)49-29(40(62)63)13-17-34(54)55/h1-2,5-6,8-10,14,19,21,26-30H,3-4,7,11-13,15-18,20H2,(H,43,57)(H,45,56)(H,46,58)(H,47,59)(H,50,51)(H,52,53)(H,54,55)(H,60,61)(H,62,63)(H2,48,49,64)/t26?,27?,28?,29-,30?/m0/s1/i42-1. The largest absolute Gasteiger partial charge is 0.481 e. The molecule has 3 aromatic rings. The molecule has 0 bridgehead atoms. The minimum Gasteiger partial charge on any atom is -0.481 e. The third-order valence-corrected chi connectivity index (χ3v) is 9.50. The second-order valence-corrected chi connectivity index (χ2v) is 14.4. The first kappa shape index (κ1) is 50.6. The predicted octanol–water partition coefficient (Wildman–Crippen LogP) is 0.771. The van der Waals surface area contributed by atoms with E-state index >= 15 is 0 Å². The minimum absolute atomic E-state index is 0.0779. The monoisotopic (exact) mass is 896 g/mol. The molecule has 1 heterocycles. The number of unbranched alkanes of at least 4 members (excludes halogenated alkanes) is 1. The number of rotatable bonds is 27. The number of carboxylic acid groups (broad SMARTS) is 5. The Hall–Kier alpha value is -7.72. The normalized spacial score (nSPS) is 13.1. The Morgan fingerprint density at radius 3 is 1.62 bits per heavy atom. The highest BCUT2D eigenvalue weighted by Gasteiger charge is 2.31. The summed E-state index contributed by atoms with van der Waals surface area (Å²) in [5.41, 5.74) is 0.402. The van der Waals surface area contributed by atoms with Gasteiger partial charge in [0.25, 0.3) is 5.91 Å². The van der Waals surface area contributed by atoms with Gasteiger partial charge in [-0.1, -0.05) is 42.5 Å². The molecule has 0 aliphatic carbocycles. The number of carboxylic acids is 5. The molecule has 0 spiro atoms. The Labute approximate surface area is 363 Å². The first-order chi connectivity index (χ1) is 30.3. The van der Waals surface area contributed by atoms with E-state index in [2.05, 4.69) is 31.6 Å². The highest BCUT2D eigenvalue weighted by atomic mass is 18.2. The van der Waals surface area contributed by atoms with Crippen LogP contribution in [0.5, 0.6) is 0 Å². The molecule has 0 radical (unpaired) electrons. The van der Waals surface area contributed by atoms with E-state index in [9.17, 15) is 72.8 Å². The van der Waals surface area contributed by atoms with E-state index < -0.39 is 134 Å². The molecule has 0 aliphatic heterocycles. The Balaban J connectivity index is 1.75. The number of hydrogen-bond donors (Lipinski definition) is 11. The molecule has 0 fully saturated rings. The Morgan fingerprint density at radius 1 is 0.547 bits per heavy atom. The molecule has 4 unspecified atom stereocenters. The lowest BCUT2D eigenvalue weighted by atomic mass is 10.00. The van der Waals surface area contributed by atoms with E-state index in [1.54, 1.807) is 24.3 Å². The highest BCUT2D eigenvalue weighted by Crippen LogP contribution is 2.17. The van der Waals surface area contributed by atoms with Crippen LogP contribution in [-0.4, -0.2) is 127 Å². The van der Waals surface area contributed by atoms with Gasteiger partial charge in [0.1, 0.15) is 30.2 Å². The fourth-order valence-corrected chi connectivity index (χ4v) is 6.13. The van der Waals surface area contributed by atoms with E-state index in [-0.39, 0.29) is 37.8 Å². The van der Waals surface area contributed by atoms with Crippen LogP contribution in [0, 0.1) is 5.95 Å². The van der Waals surface area contributed by atoms with Crippen LogP contribution in [-0.2, 0) is 44.8 Å². The van der Waals surface area contributed by atoms with Crippen molar-refractivity contribution in [3.63, 3.8) is 0 Å². The van der Waals surface area contributed by atoms with Crippen LogP contribution in [0.4, 0.5) is 9.18 Å². The maximum atomic E-state index is 13.9. The molecule has 0 saturated carbocycles. The van der Waals surface area contributed by atoms with E-state index in [0.29, 0.717) is 5.56 Å². The molecule has 1 aromatic heterocycles. The highest BCUT2D eigenvalue weighted by molar-refractivity contribution is 5.99. The van der Waals surface area contributed by atoms with Crippen LogP contribution in [0.2, 0.25) is 0 Å². The van der Waals surface area contributed by atoms with E-state index in [4.69, 9.17) is 5.11 Å². The summed E-state index contributed by atoms with van der Waals surface area (Å²) < 4.78 is 13.3. The maximum absolute atomic E-state index is 13.9. The number of carbonyl (C=O) groups excluding carboxylic acids is 5. The first-order valence-corrected chi connectivity index (χ1v) is 19.8. The summed E-state index contributed by atoms with van der Waals surface area (Å²) in [4.78, 5) is 127. The molecular weight excluding hydrogens is 848 g/mol. The van der Waals surface area contributed by atoms with E-state index in [0.717, 1.165) is 29.1 Å². The summed E-state index contributed by atoms with van der Waals surface area (Å²) >= 11 is 0. The van der Waals surface area contributed by atoms with Crippen molar-refractivity contribution in [2.45, 2.75) is 94.4 Å². The number of hydrogen-bond acceptors (Lipinski definition) is 11. The van der Waals surface area contributed by atoms with E-state index in [1.807, 2.05) is 23.5 Å². The molecule has 5 atom stereocenters. The number of fused-ring (bicyclic) bond motifs is 1. The van der Waals surface area contributed by atoms with Crippen molar-refractivity contribution in [1.29, 1.82) is 0 Å². The minimum atomic E-state index is -1.63. The van der Waals surface area contributed by atoms with Crippen LogP contribution in [0.25, 0.3) is 10.8 Å². The number of aromatic nitrogens is 1. The van der Waals surface area contributed by atoms with Crippen molar-refractivity contribution in [3.05, 3.63) is 77.9 Å². The summed E-state index contributed by atoms with van der Waals surface area (Å²) in [7, 11) is 0. The number of nitrogens with one attached hydrogen (secondary N) is 6. The summed E-state index contributed by atoms with van der Waals surface area (Å²) in [5, 5.41) is 62.1. The van der Waals surface area contributed by atoms with Gasteiger partial charge in [-0.2, -0.15) is 4.39 Å². The molecule has 3 rings (SSSR count). The fraction of sp³-hybridized carbons (Fsp3) is 0.390. The molecule has 0 aliphatic rings. The van der Waals surface area contributed by atoms with Crippen LogP contribution in [0.3, 0.4) is 0 Å². The average molecular weight is 897 g/mol. The zero-order valence-electron chi connectivity index (χ0n) is 34.1. The third kappa shape index (κ3) is 17.7. The SMILES string of the molecule is O=C(O)CCC(NC(=O)c1ccc([18F])nc1)C(=O)NC(CCC(=O)O)C(=O)NC(Cc1ccc2ccccc2c1)C(=O)NCCCCC(NC(=O)N[C@@H](CCC(=O)O)C(=O)O)C(=O)O. The lowest BCUT2D eigenvalue weighted by Gasteiger charge is -2.25. The number of pyridine rings is 1. The average Bonchev–Trinajstić information content (AvgIpc) is 3.23. The van der Waals surface area contributed by atoms with Crippen molar-refractivity contribution in [1.82, 2.24) is 36.9 Å². The molecule has 11 N–H and O–H groups in total. The molecule has 0 saturated heterocycles. The molecular formula is C41H48FN7O15. The second kappa shape index (κ2) is 25.3. The first-order valence-electron chi connectivity index (χ1n) is 19.8. The summed E-state index contributed by atoms with van der Waals surface area (Å²) in [6, 6.07) is 5.68. The lowest BCUT2D eigenvalue weighted by Crippen LogP contribution is -2.57. The van der Waals surface area contributed by atoms with Crippen molar-refractivity contribution in [2.75, 3.05) is 6.54 Å². The van der Waals surface area contributed by atoms with Crippen LogP contribution in [0.15, 0.2) is 60.8 Å². The van der Waals surface area contributed by atoms with Gasteiger partial charge in [-0.25, -0.2) is 19.4 Å². The molecule has 344 valence electrons. The van der Waals surface area contributed by atoms with Gasteiger partial charge in [0.2, 0.25) is 23.7 Å². The smallest absolute Gasteiger partial charge is 0.326 e. The fourth-order valence-electron chi connectivity index (χ4n) is 6.13. The number of aliphatic carboxylic acids is 5. The predicted molar refractivity (Wildman–Crippen MR) is 219 cm³/mol. The molecule has 6 amide bonds. The number of nitrogens with zero attached hydrogens (tertiary/aromatic N) is 1. The summed E-state index contributed by atoms with van der Waals surface area (Å²) in [5.74, 6) is -11.6. The Bertz CT molecular complexity index is 2190. The van der Waals surface area contributed by atoms with Gasteiger partial charge in [-0.3, -0.25) is 33.6 Å². The number of amides is 6. The van der Waals surface area contributed by atoms with Crippen molar-refractivity contribution in [2.24, 2.45) is 0 Å². The van der Waals surface area contributed by atoms with Crippen LogP contribution >= 0.6 is 0 Å². The summed E-state index contributed by atoms with van der Waals surface area (Å²) in [6.45, 7) is -0.0779. The third-order valence-electron chi connectivity index (χ3n) is 9.50. The molecule has 64 heavy (non-hydrogen) atoms. The maximum Gasteiger partial charge on any atom is 0.326 e.